The van der Waals surface area contributed by atoms with Crippen LogP contribution in [-0.4, -0.2) is 18.0 Å². The van der Waals surface area contributed by atoms with E-state index in [9.17, 15) is 22.8 Å². The average Bonchev–Trinajstić information content (AvgIpc) is 3.44. The van der Waals surface area contributed by atoms with Crippen LogP contribution in [-0.2, 0) is 12.7 Å². The molecule has 0 spiro atoms. The molecule has 6 nitrogen and oxygen atoms in total. The van der Waals surface area contributed by atoms with Gasteiger partial charge >= 0.3 is 12.2 Å². The first-order valence-electron chi connectivity index (χ1n) is 8.65. The van der Waals surface area contributed by atoms with Gasteiger partial charge in [0.2, 0.25) is 0 Å². The van der Waals surface area contributed by atoms with Crippen molar-refractivity contribution in [3.05, 3.63) is 59.2 Å². The second-order valence-electron chi connectivity index (χ2n) is 6.53. The SMILES string of the molecule is NCc1cc(NC(=O)c2cccc(NC(=O)NC3CC3)c2)cc(C(F)(F)F)c1. The molecule has 2 aromatic carbocycles. The van der Waals surface area contributed by atoms with Crippen molar-refractivity contribution in [3.8, 4) is 0 Å². The number of carbonyl (C=O) groups excluding carboxylic acids is 2. The highest BCUT2D eigenvalue weighted by atomic mass is 19.4. The van der Waals surface area contributed by atoms with Gasteiger partial charge in [0.15, 0.2) is 0 Å². The van der Waals surface area contributed by atoms with E-state index in [2.05, 4.69) is 16.0 Å². The van der Waals surface area contributed by atoms with Gasteiger partial charge in [-0.25, -0.2) is 4.79 Å². The van der Waals surface area contributed by atoms with Crippen LogP contribution < -0.4 is 21.7 Å². The second kappa shape index (κ2) is 7.89. The van der Waals surface area contributed by atoms with E-state index in [0.717, 1.165) is 25.0 Å². The quantitative estimate of drug-likeness (QED) is 0.625. The summed E-state index contributed by atoms with van der Waals surface area (Å²) in [7, 11) is 0. The van der Waals surface area contributed by atoms with E-state index in [1.165, 1.54) is 18.2 Å². The van der Waals surface area contributed by atoms with Gasteiger partial charge in [-0.2, -0.15) is 13.2 Å². The van der Waals surface area contributed by atoms with Crippen molar-refractivity contribution >= 4 is 23.3 Å². The number of rotatable bonds is 5. The minimum atomic E-state index is -4.55. The zero-order chi connectivity index (χ0) is 20.3. The fraction of sp³-hybridized carbons (Fsp3) is 0.263. The monoisotopic (exact) mass is 392 g/mol. The second-order valence-corrected chi connectivity index (χ2v) is 6.53. The Bertz CT molecular complexity index is 895. The molecule has 0 atom stereocenters. The number of halogens is 3. The smallest absolute Gasteiger partial charge is 0.335 e. The molecule has 9 heteroatoms. The number of hydrogen-bond acceptors (Lipinski definition) is 3. The number of carbonyl (C=O) groups is 2. The van der Waals surface area contributed by atoms with Crippen LogP contribution in [0.2, 0.25) is 0 Å². The molecule has 1 saturated carbocycles. The topological polar surface area (TPSA) is 96.2 Å². The van der Waals surface area contributed by atoms with Crippen LogP contribution in [0.3, 0.4) is 0 Å². The maximum Gasteiger partial charge on any atom is 0.416 e. The van der Waals surface area contributed by atoms with Gasteiger partial charge in [0.1, 0.15) is 0 Å². The lowest BCUT2D eigenvalue weighted by molar-refractivity contribution is -0.137. The molecule has 0 unspecified atom stereocenters. The molecule has 0 aromatic heterocycles. The molecule has 1 aliphatic carbocycles. The normalized spacial score (nSPS) is 13.7. The fourth-order valence-corrected chi connectivity index (χ4v) is 2.57. The molecule has 3 rings (SSSR count). The highest BCUT2D eigenvalue weighted by molar-refractivity contribution is 6.05. The third-order valence-corrected chi connectivity index (χ3v) is 4.11. The predicted molar refractivity (Wildman–Crippen MR) is 98.9 cm³/mol. The summed E-state index contributed by atoms with van der Waals surface area (Å²) in [5, 5.41) is 7.82. The third-order valence-electron chi connectivity index (χ3n) is 4.11. The van der Waals surface area contributed by atoms with Gasteiger partial charge < -0.3 is 21.7 Å². The van der Waals surface area contributed by atoms with Crippen LogP contribution in [0, 0.1) is 0 Å². The minimum Gasteiger partial charge on any atom is -0.335 e. The van der Waals surface area contributed by atoms with Crippen LogP contribution in [0.4, 0.5) is 29.3 Å². The first kappa shape index (κ1) is 19.7. The van der Waals surface area contributed by atoms with Crippen LogP contribution in [0.25, 0.3) is 0 Å². The van der Waals surface area contributed by atoms with E-state index in [1.54, 1.807) is 12.1 Å². The summed E-state index contributed by atoms with van der Waals surface area (Å²) in [6.07, 6.45) is -2.67. The lowest BCUT2D eigenvalue weighted by Crippen LogP contribution is -2.30. The molecule has 3 amide bonds. The fourth-order valence-electron chi connectivity index (χ4n) is 2.57. The molecule has 1 aliphatic rings. The van der Waals surface area contributed by atoms with Crippen molar-refractivity contribution in [2.24, 2.45) is 5.73 Å². The number of nitrogens with one attached hydrogen (secondary N) is 3. The van der Waals surface area contributed by atoms with Crippen molar-refractivity contribution in [2.75, 3.05) is 10.6 Å². The molecule has 148 valence electrons. The molecule has 0 saturated heterocycles. The Morgan fingerprint density at radius 1 is 1.04 bits per heavy atom. The van der Waals surface area contributed by atoms with E-state index in [1.807, 2.05) is 0 Å². The van der Waals surface area contributed by atoms with Gasteiger partial charge in [0, 0.05) is 29.5 Å². The number of nitrogens with two attached hydrogens (primary N) is 1. The van der Waals surface area contributed by atoms with E-state index in [4.69, 9.17) is 5.73 Å². The summed E-state index contributed by atoms with van der Waals surface area (Å²) in [6.45, 7) is -0.0949. The molecule has 1 fully saturated rings. The summed E-state index contributed by atoms with van der Waals surface area (Å²) in [4.78, 5) is 24.2. The molecule has 0 bridgehead atoms. The number of anilines is 2. The summed E-state index contributed by atoms with van der Waals surface area (Å²) in [5.74, 6) is -0.603. The molecule has 5 N–H and O–H groups in total. The number of hydrogen-bond donors (Lipinski definition) is 4. The van der Waals surface area contributed by atoms with Crippen molar-refractivity contribution in [2.45, 2.75) is 31.6 Å². The number of urea groups is 1. The maximum absolute atomic E-state index is 13.0. The Labute approximate surface area is 159 Å². The lowest BCUT2D eigenvalue weighted by Gasteiger charge is -2.13. The minimum absolute atomic E-state index is 0.00915. The van der Waals surface area contributed by atoms with Gasteiger partial charge in [0.25, 0.3) is 5.91 Å². The Morgan fingerprint density at radius 2 is 1.79 bits per heavy atom. The zero-order valence-electron chi connectivity index (χ0n) is 14.8. The highest BCUT2D eigenvalue weighted by Crippen LogP contribution is 2.32. The van der Waals surface area contributed by atoms with Crippen molar-refractivity contribution in [1.82, 2.24) is 5.32 Å². The van der Waals surface area contributed by atoms with Crippen molar-refractivity contribution < 1.29 is 22.8 Å². The number of amides is 3. The number of alkyl halides is 3. The van der Waals surface area contributed by atoms with Gasteiger partial charge in [-0.05, 0) is 54.8 Å². The molecule has 0 heterocycles. The summed E-state index contributed by atoms with van der Waals surface area (Å²) < 4.78 is 39.0. The van der Waals surface area contributed by atoms with E-state index in [0.29, 0.717) is 5.69 Å². The van der Waals surface area contributed by atoms with Crippen LogP contribution >= 0.6 is 0 Å². The highest BCUT2D eigenvalue weighted by Gasteiger charge is 2.31. The largest absolute Gasteiger partial charge is 0.416 e. The Morgan fingerprint density at radius 3 is 2.43 bits per heavy atom. The molecular formula is C19H19F3N4O2. The molecule has 2 aromatic rings. The van der Waals surface area contributed by atoms with Gasteiger partial charge in [-0.1, -0.05) is 6.07 Å². The van der Waals surface area contributed by atoms with Gasteiger partial charge in [0.05, 0.1) is 5.56 Å². The van der Waals surface area contributed by atoms with Gasteiger partial charge in [-0.3, -0.25) is 4.79 Å². The van der Waals surface area contributed by atoms with Crippen molar-refractivity contribution in [1.29, 1.82) is 0 Å². The summed E-state index contributed by atoms with van der Waals surface area (Å²) in [5.41, 5.74) is 5.39. The first-order chi connectivity index (χ1) is 13.2. The molecule has 0 radical (unpaired) electrons. The van der Waals surface area contributed by atoms with Crippen LogP contribution in [0.15, 0.2) is 42.5 Å². The third kappa shape index (κ3) is 5.23. The number of benzene rings is 2. The van der Waals surface area contributed by atoms with E-state index in [-0.39, 0.29) is 35.4 Å². The van der Waals surface area contributed by atoms with Crippen molar-refractivity contribution in [3.63, 3.8) is 0 Å². The van der Waals surface area contributed by atoms with E-state index >= 15 is 0 Å². The summed E-state index contributed by atoms with van der Waals surface area (Å²) in [6, 6.07) is 9.11. The molecule has 28 heavy (non-hydrogen) atoms. The first-order valence-corrected chi connectivity index (χ1v) is 8.65. The van der Waals surface area contributed by atoms with Crippen LogP contribution in [0.1, 0.15) is 34.3 Å². The van der Waals surface area contributed by atoms with E-state index < -0.39 is 17.6 Å². The zero-order valence-corrected chi connectivity index (χ0v) is 14.8. The lowest BCUT2D eigenvalue weighted by atomic mass is 10.1. The Hall–Kier alpha value is -3.07. The predicted octanol–water partition coefficient (Wildman–Crippen LogP) is 3.70. The maximum atomic E-state index is 13.0. The molecule has 0 aliphatic heterocycles. The Balaban J connectivity index is 1.74. The summed E-state index contributed by atoms with van der Waals surface area (Å²) >= 11 is 0. The Kier molecular flexibility index (Phi) is 5.55. The average molecular weight is 392 g/mol. The standard InChI is InChI=1S/C19H19F3N4O2/c20-19(21,22)13-6-11(10-23)7-16(9-13)24-17(27)12-2-1-3-15(8-12)26-18(28)25-14-4-5-14/h1-3,6-9,14H,4-5,10,23H2,(H,24,27)(H2,25,26,28). The van der Waals surface area contributed by atoms with Gasteiger partial charge in [-0.15, -0.1) is 0 Å². The van der Waals surface area contributed by atoms with Crippen LogP contribution in [0.5, 0.6) is 0 Å². The molecular weight excluding hydrogens is 373 g/mol.